The lowest BCUT2D eigenvalue weighted by atomic mass is 10.1. The number of carbonyl (C=O) groups excluding carboxylic acids is 2. The van der Waals surface area contributed by atoms with Crippen LogP contribution in [-0.2, 0) is 26.2 Å². The Morgan fingerprint density at radius 3 is 2.18 bits per heavy atom. The van der Waals surface area contributed by atoms with Crippen LogP contribution in [0.25, 0.3) is 0 Å². The first-order valence-corrected chi connectivity index (χ1v) is 14.5. The van der Waals surface area contributed by atoms with Crippen LogP contribution in [0.4, 0.5) is 10.1 Å². The summed E-state index contributed by atoms with van der Waals surface area (Å²) in [6.07, 6.45) is 0.263. The predicted octanol–water partition coefficient (Wildman–Crippen LogP) is 5.66. The first-order valence-electron chi connectivity index (χ1n) is 12.3. The van der Waals surface area contributed by atoms with Crippen LogP contribution in [-0.4, -0.2) is 43.8 Å². The smallest absolute Gasteiger partial charge is 0.264 e. The molecule has 11 heteroatoms. The summed E-state index contributed by atoms with van der Waals surface area (Å²) in [5.41, 5.74) is 0.627. The molecule has 0 aliphatic carbocycles. The molecule has 0 heterocycles. The third kappa shape index (κ3) is 7.71. The van der Waals surface area contributed by atoms with Crippen molar-refractivity contribution in [1.29, 1.82) is 0 Å². The van der Waals surface area contributed by atoms with E-state index in [0.717, 1.165) is 4.31 Å². The summed E-state index contributed by atoms with van der Waals surface area (Å²) in [4.78, 5) is 28.3. The number of carbonyl (C=O) groups is 2. The molecule has 1 N–H and O–H groups in total. The SMILES string of the molecule is CC[C@@H](C(=O)NC(C)C)N(Cc1ccc(F)cc1)C(=O)CN(c1ccc(Cl)cc1Cl)S(=O)(=O)c1ccccc1. The lowest BCUT2D eigenvalue weighted by Crippen LogP contribution is -2.53. The molecule has 0 unspecified atom stereocenters. The quantitative estimate of drug-likeness (QED) is 0.311. The Morgan fingerprint density at radius 1 is 0.974 bits per heavy atom. The number of amides is 2. The zero-order chi connectivity index (χ0) is 28.7. The van der Waals surface area contributed by atoms with E-state index in [1.807, 2.05) is 0 Å². The van der Waals surface area contributed by atoms with E-state index in [0.29, 0.717) is 10.6 Å². The number of halogens is 3. The number of benzene rings is 3. The molecular formula is C28H30Cl2FN3O4S. The second-order valence-corrected chi connectivity index (χ2v) is 11.9. The van der Waals surface area contributed by atoms with Gasteiger partial charge in [0.1, 0.15) is 18.4 Å². The fourth-order valence-electron chi connectivity index (χ4n) is 4.00. The Balaban J connectivity index is 2.08. The third-order valence-electron chi connectivity index (χ3n) is 5.87. The average molecular weight is 595 g/mol. The largest absolute Gasteiger partial charge is 0.352 e. The highest BCUT2D eigenvalue weighted by atomic mass is 35.5. The minimum atomic E-state index is -4.26. The number of nitrogens with one attached hydrogen (secondary N) is 1. The van der Waals surface area contributed by atoms with Gasteiger partial charge in [-0.2, -0.15) is 0 Å². The van der Waals surface area contributed by atoms with E-state index in [1.165, 1.54) is 59.5 Å². The molecule has 0 aliphatic heterocycles. The van der Waals surface area contributed by atoms with Gasteiger partial charge in [-0.25, -0.2) is 12.8 Å². The normalized spacial score (nSPS) is 12.2. The van der Waals surface area contributed by atoms with Crippen LogP contribution in [0.2, 0.25) is 10.0 Å². The summed E-state index contributed by atoms with van der Waals surface area (Å²) in [6, 6.07) is 16.4. The lowest BCUT2D eigenvalue weighted by Gasteiger charge is -2.33. The highest BCUT2D eigenvalue weighted by Gasteiger charge is 2.34. The minimum absolute atomic E-state index is 0.0319. The highest BCUT2D eigenvalue weighted by molar-refractivity contribution is 7.92. The molecule has 39 heavy (non-hydrogen) atoms. The first kappa shape index (κ1) is 30.4. The highest BCUT2D eigenvalue weighted by Crippen LogP contribution is 2.33. The monoisotopic (exact) mass is 593 g/mol. The summed E-state index contributed by atoms with van der Waals surface area (Å²) in [5.74, 6) is -1.47. The number of hydrogen-bond donors (Lipinski definition) is 1. The summed E-state index contributed by atoms with van der Waals surface area (Å²) >= 11 is 12.5. The molecule has 2 amide bonds. The molecule has 0 aliphatic rings. The van der Waals surface area contributed by atoms with Gasteiger partial charge < -0.3 is 10.2 Å². The van der Waals surface area contributed by atoms with E-state index >= 15 is 0 Å². The third-order valence-corrected chi connectivity index (χ3v) is 8.18. The van der Waals surface area contributed by atoms with Gasteiger partial charge in [0.25, 0.3) is 10.0 Å². The second-order valence-electron chi connectivity index (χ2n) is 9.16. The van der Waals surface area contributed by atoms with Crippen molar-refractivity contribution >= 4 is 50.7 Å². The standard InChI is InChI=1S/C28H30Cl2FN3O4S/c1-4-25(28(36)32-19(2)3)33(17-20-10-13-22(31)14-11-20)27(35)18-34(26-15-12-21(29)16-24(26)30)39(37,38)23-8-6-5-7-9-23/h5-16,19,25H,4,17-18H2,1-3H3,(H,32,36)/t25-/m0/s1. The Hall–Kier alpha value is -3.14. The van der Waals surface area contributed by atoms with E-state index in [9.17, 15) is 22.4 Å². The Morgan fingerprint density at radius 2 is 1.62 bits per heavy atom. The number of nitrogens with zero attached hydrogens (tertiary/aromatic N) is 2. The summed E-state index contributed by atoms with van der Waals surface area (Å²) in [5, 5.41) is 3.14. The molecule has 3 rings (SSSR count). The van der Waals surface area contributed by atoms with Crippen LogP contribution >= 0.6 is 23.2 Å². The van der Waals surface area contributed by atoms with Crippen LogP contribution < -0.4 is 9.62 Å². The van der Waals surface area contributed by atoms with Crippen molar-refractivity contribution in [2.45, 2.75) is 50.7 Å². The van der Waals surface area contributed by atoms with Crippen LogP contribution in [0.1, 0.15) is 32.8 Å². The maximum atomic E-state index is 13.9. The van der Waals surface area contributed by atoms with Crippen LogP contribution in [0, 0.1) is 5.82 Å². The van der Waals surface area contributed by atoms with Gasteiger partial charge in [-0.15, -0.1) is 0 Å². The van der Waals surface area contributed by atoms with Gasteiger partial charge in [-0.05, 0) is 68.3 Å². The summed E-state index contributed by atoms with van der Waals surface area (Å²) in [7, 11) is -4.26. The van der Waals surface area contributed by atoms with Crippen LogP contribution in [0.3, 0.4) is 0 Å². The Bertz CT molecular complexity index is 1400. The van der Waals surface area contributed by atoms with E-state index in [-0.39, 0.29) is 40.5 Å². The number of rotatable bonds is 11. The summed E-state index contributed by atoms with van der Waals surface area (Å²) < 4.78 is 42.0. The van der Waals surface area contributed by atoms with Crippen molar-refractivity contribution < 1.29 is 22.4 Å². The maximum absolute atomic E-state index is 13.9. The van der Waals surface area contributed by atoms with E-state index in [1.54, 1.807) is 39.0 Å². The molecular weight excluding hydrogens is 564 g/mol. The minimum Gasteiger partial charge on any atom is -0.352 e. The maximum Gasteiger partial charge on any atom is 0.264 e. The molecule has 0 spiro atoms. The van der Waals surface area contributed by atoms with Gasteiger partial charge in [0.15, 0.2) is 0 Å². The van der Waals surface area contributed by atoms with Crippen molar-refractivity contribution in [3.8, 4) is 0 Å². The molecule has 1 atom stereocenters. The molecule has 3 aromatic carbocycles. The fourth-order valence-corrected chi connectivity index (χ4v) is 6.02. The van der Waals surface area contributed by atoms with Crippen LogP contribution in [0.15, 0.2) is 77.7 Å². The Kier molecular flexibility index (Phi) is 10.4. The van der Waals surface area contributed by atoms with Gasteiger partial charge in [-0.1, -0.05) is 60.5 Å². The lowest BCUT2D eigenvalue weighted by molar-refractivity contribution is -0.140. The zero-order valence-corrected chi connectivity index (χ0v) is 24.1. The van der Waals surface area contributed by atoms with Gasteiger partial charge in [-0.3, -0.25) is 13.9 Å². The van der Waals surface area contributed by atoms with Gasteiger partial charge >= 0.3 is 0 Å². The number of hydrogen-bond acceptors (Lipinski definition) is 4. The van der Waals surface area contributed by atoms with E-state index in [2.05, 4.69) is 5.32 Å². The average Bonchev–Trinajstić information content (AvgIpc) is 2.88. The van der Waals surface area contributed by atoms with E-state index < -0.39 is 34.3 Å². The van der Waals surface area contributed by atoms with Crippen LogP contribution in [0.5, 0.6) is 0 Å². The summed E-state index contributed by atoms with van der Waals surface area (Å²) in [6.45, 7) is 4.66. The van der Waals surface area contributed by atoms with Crippen molar-refractivity contribution in [3.05, 3.63) is 94.2 Å². The zero-order valence-electron chi connectivity index (χ0n) is 21.8. The molecule has 0 fully saturated rings. The Labute approximate surface area is 238 Å². The van der Waals surface area contributed by atoms with E-state index in [4.69, 9.17) is 23.2 Å². The number of anilines is 1. The molecule has 0 radical (unpaired) electrons. The topological polar surface area (TPSA) is 86.8 Å². The first-order chi connectivity index (χ1) is 18.4. The molecule has 7 nitrogen and oxygen atoms in total. The molecule has 0 saturated carbocycles. The van der Waals surface area contributed by atoms with Crippen molar-refractivity contribution in [2.75, 3.05) is 10.8 Å². The van der Waals surface area contributed by atoms with Crippen molar-refractivity contribution in [1.82, 2.24) is 10.2 Å². The molecule has 208 valence electrons. The molecule has 0 bridgehead atoms. The van der Waals surface area contributed by atoms with Gasteiger partial charge in [0.05, 0.1) is 15.6 Å². The number of sulfonamides is 1. The fraction of sp³-hybridized carbons (Fsp3) is 0.286. The molecule has 0 saturated heterocycles. The molecule has 0 aromatic heterocycles. The predicted molar refractivity (Wildman–Crippen MR) is 152 cm³/mol. The molecule has 3 aromatic rings. The second kappa shape index (κ2) is 13.3. The van der Waals surface area contributed by atoms with Gasteiger partial charge in [0.2, 0.25) is 11.8 Å². The van der Waals surface area contributed by atoms with Crippen molar-refractivity contribution in [3.63, 3.8) is 0 Å². The van der Waals surface area contributed by atoms with Crippen molar-refractivity contribution in [2.24, 2.45) is 0 Å². The van der Waals surface area contributed by atoms with Gasteiger partial charge in [0, 0.05) is 17.6 Å².